The monoisotopic (exact) mass is 318 g/mol. The van der Waals surface area contributed by atoms with Crippen molar-refractivity contribution in [2.75, 3.05) is 0 Å². The minimum Gasteiger partial charge on any atom is -0.478 e. The van der Waals surface area contributed by atoms with E-state index in [0.29, 0.717) is 5.56 Å². The molecule has 0 saturated heterocycles. The molecule has 3 rings (SSSR count). The van der Waals surface area contributed by atoms with Crippen molar-refractivity contribution in [3.8, 4) is 22.8 Å². The number of rotatable bonds is 3. The highest BCUT2D eigenvalue weighted by atomic mass is 35.5. The third-order valence-electron chi connectivity index (χ3n) is 2.96. The lowest BCUT2D eigenvalue weighted by atomic mass is 10.1. The molecule has 5 nitrogen and oxygen atoms in total. The molecule has 2 aromatic carbocycles. The second kappa shape index (κ2) is 5.57. The number of benzene rings is 2. The van der Waals surface area contributed by atoms with Gasteiger partial charge in [-0.25, -0.2) is 9.18 Å². The van der Waals surface area contributed by atoms with Crippen molar-refractivity contribution in [3.05, 3.63) is 58.9 Å². The molecule has 110 valence electrons. The Morgan fingerprint density at radius 2 is 2.05 bits per heavy atom. The molecule has 0 aliphatic rings. The Morgan fingerprint density at radius 1 is 1.23 bits per heavy atom. The molecule has 0 aliphatic heterocycles. The largest absolute Gasteiger partial charge is 0.478 e. The van der Waals surface area contributed by atoms with Crippen LogP contribution in [0.3, 0.4) is 0 Å². The Kier molecular flexibility index (Phi) is 3.60. The van der Waals surface area contributed by atoms with E-state index in [1.165, 1.54) is 24.3 Å². The molecule has 22 heavy (non-hydrogen) atoms. The standard InChI is InChI=1S/C15H8ClFN2O3/c16-10-4-5-11(12(17)7-10)14-18-13(19-22-14)8-2-1-3-9(6-8)15(20)21/h1-7H,(H,20,21). The molecule has 3 aromatic rings. The molecule has 0 amide bonds. The topological polar surface area (TPSA) is 76.2 Å². The lowest BCUT2D eigenvalue weighted by molar-refractivity contribution is 0.0697. The Morgan fingerprint density at radius 3 is 2.77 bits per heavy atom. The van der Waals surface area contributed by atoms with Crippen LogP contribution in [-0.2, 0) is 0 Å². The van der Waals surface area contributed by atoms with E-state index in [9.17, 15) is 9.18 Å². The second-order valence-corrected chi connectivity index (χ2v) is 4.87. The van der Waals surface area contributed by atoms with Crippen molar-refractivity contribution in [1.82, 2.24) is 10.1 Å². The molecule has 1 aromatic heterocycles. The van der Waals surface area contributed by atoms with Crippen molar-refractivity contribution in [2.45, 2.75) is 0 Å². The first-order chi connectivity index (χ1) is 10.5. The van der Waals surface area contributed by atoms with Gasteiger partial charge in [-0.2, -0.15) is 4.98 Å². The lowest BCUT2D eigenvalue weighted by Gasteiger charge is -1.98. The van der Waals surface area contributed by atoms with E-state index < -0.39 is 11.8 Å². The van der Waals surface area contributed by atoms with Crippen molar-refractivity contribution >= 4 is 17.6 Å². The van der Waals surface area contributed by atoms with E-state index in [1.807, 2.05) is 0 Å². The highest BCUT2D eigenvalue weighted by molar-refractivity contribution is 6.30. The first-order valence-electron chi connectivity index (χ1n) is 6.17. The van der Waals surface area contributed by atoms with Gasteiger partial charge in [0.25, 0.3) is 5.89 Å². The van der Waals surface area contributed by atoms with Crippen LogP contribution in [0.15, 0.2) is 47.0 Å². The van der Waals surface area contributed by atoms with Crippen LogP contribution < -0.4 is 0 Å². The molecule has 1 heterocycles. The van der Waals surface area contributed by atoms with Gasteiger partial charge in [0.05, 0.1) is 11.1 Å². The van der Waals surface area contributed by atoms with E-state index in [2.05, 4.69) is 10.1 Å². The zero-order chi connectivity index (χ0) is 15.7. The normalized spacial score (nSPS) is 10.6. The summed E-state index contributed by atoms with van der Waals surface area (Å²) in [6, 6.07) is 10.2. The van der Waals surface area contributed by atoms with Crippen LogP contribution in [0.5, 0.6) is 0 Å². The van der Waals surface area contributed by atoms with Gasteiger partial charge in [-0.15, -0.1) is 0 Å². The summed E-state index contributed by atoms with van der Waals surface area (Å²) >= 11 is 5.69. The van der Waals surface area contributed by atoms with Crippen LogP contribution in [0.1, 0.15) is 10.4 Å². The summed E-state index contributed by atoms with van der Waals surface area (Å²) in [4.78, 5) is 15.0. The van der Waals surface area contributed by atoms with E-state index in [-0.39, 0.29) is 27.9 Å². The maximum absolute atomic E-state index is 13.8. The average molecular weight is 319 g/mol. The summed E-state index contributed by atoms with van der Waals surface area (Å²) in [5.74, 6) is -1.48. The number of hydrogen-bond donors (Lipinski definition) is 1. The molecule has 0 saturated carbocycles. The number of halogens is 2. The van der Waals surface area contributed by atoms with Crippen LogP contribution in [0, 0.1) is 5.82 Å². The molecule has 0 spiro atoms. The highest BCUT2D eigenvalue weighted by Gasteiger charge is 2.15. The Labute approximate surface area is 129 Å². The maximum atomic E-state index is 13.8. The van der Waals surface area contributed by atoms with Crippen molar-refractivity contribution < 1.29 is 18.8 Å². The van der Waals surface area contributed by atoms with Crippen LogP contribution in [0.2, 0.25) is 5.02 Å². The van der Waals surface area contributed by atoms with Crippen molar-refractivity contribution in [1.29, 1.82) is 0 Å². The van der Waals surface area contributed by atoms with Crippen LogP contribution in [0.25, 0.3) is 22.8 Å². The van der Waals surface area contributed by atoms with E-state index >= 15 is 0 Å². The Balaban J connectivity index is 2.00. The number of aromatic nitrogens is 2. The predicted octanol–water partition coefficient (Wildman–Crippen LogP) is 3.89. The Bertz CT molecular complexity index is 863. The van der Waals surface area contributed by atoms with Crippen molar-refractivity contribution in [3.63, 3.8) is 0 Å². The van der Waals surface area contributed by atoms with Gasteiger partial charge in [-0.05, 0) is 30.3 Å². The minimum absolute atomic E-state index is 0.00936. The number of hydrogen-bond acceptors (Lipinski definition) is 4. The molecule has 7 heteroatoms. The first kappa shape index (κ1) is 14.2. The van der Waals surface area contributed by atoms with E-state index in [1.54, 1.807) is 12.1 Å². The van der Waals surface area contributed by atoms with Crippen LogP contribution >= 0.6 is 11.6 Å². The van der Waals surface area contributed by atoms with Gasteiger partial charge in [0.15, 0.2) is 0 Å². The Hall–Kier alpha value is -2.73. The number of carboxylic acids is 1. The summed E-state index contributed by atoms with van der Waals surface area (Å²) < 4.78 is 18.9. The zero-order valence-corrected chi connectivity index (χ0v) is 11.7. The molecular weight excluding hydrogens is 311 g/mol. The highest BCUT2D eigenvalue weighted by Crippen LogP contribution is 2.26. The fraction of sp³-hybridized carbons (Fsp3) is 0. The number of carbonyl (C=O) groups is 1. The van der Waals surface area contributed by atoms with Gasteiger partial charge in [-0.3, -0.25) is 0 Å². The summed E-state index contributed by atoms with van der Waals surface area (Å²) in [5, 5.41) is 13.0. The maximum Gasteiger partial charge on any atom is 0.335 e. The van der Waals surface area contributed by atoms with Gasteiger partial charge in [-0.1, -0.05) is 28.9 Å². The molecule has 0 aliphatic carbocycles. The number of carboxylic acid groups (broad SMARTS) is 1. The van der Waals surface area contributed by atoms with Gasteiger partial charge >= 0.3 is 5.97 Å². The quantitative estimate of drug-likeness (QED) is 0.792. The van der Waals surface area contributed by atoms with Gasteiger partial charge in [0.2, 0.25) is 5.82 Å². The SMILES string of the molecule is O=C(O)c1cccc(-c2noc(-c3ccc(Cl)cc3F)n2)c1. The minimum atomic E-state index is -1.06. The summed E-state index contributed by atoms with van der Waals surface area (Å²) in [6.45, 7) is 0. The lowest BCUT2D eigenvalue weighted by Crippen LogP contribution is -1.96. The molecular formula is C15H8ClFN2O3. The molecule has 0 fully saturated rings. The van der Waals surface area contributed by atoms with Crippen LogP contribution in [0.4, 0.5) is 4.39 Å². The van der Waals surface area contributed by atoms with Gasteiger partial charge in [0, 0.05) is 10.6 Å². The van der Waals surface area contributed by atoms with Crippen molar-refractivity contribution in [2.24, 2.45) is 0 Å². The zero-order valence-electron chi connectivity index (χ0n) is 11.0. The fourth-order valence-electron chi connectivity index (χ4n) is 1.90. The summed E-state index contributed by atoms with van der Waals surface area (Å²) in [7, 11) is 0. The summed E-state index contributed by atoms with van der Waals surface area (Å²) in [5.41, 5.74) is 0.684. The molecule has 1 N–H and O–H groups in total. The average Bonchev–Trinajstić information content (AvgIpc) is 2.97. The molecule has 0 atom stereocenters. The third-order valence-corrected chi connectivity index (χ3v) is 3.19. The van der Waals surface area contributed by atoms with Gasteiger partial charge < -0.3 is 9.63 Å². The number of aromatic carboxylic acids is 1. The predicted molar refractivity (Wildman–Crippen MR) is 77.1 cm³/mol. The first-order valence-corrected chi connectivity index (χ1v) is 6.55. The fourth-order valence-corrected chi connectivity index (χ4v) is 2.06. The third kappa shape index (κ3) is 2.68. The number of nitrogens with zero attached hydrogens (tertiary/aromatic N) is 2. The van der Waals surface area contributed by atoms with Gasteiger partial charge in [0.1, 0.15) is 5.82 Å². The van der Waals surface area contributed by atoms with Crippen LogP contribution in [-0.4, -0.2) is 21.2 Å². The molecule has 0 unspecified atom stereocenters. The second-order valence-electron chi connectivity index (χ2n) is 4.43. The van der Waals surface area contributed by atoms with E-state index in [0.717, 1.165) is 6.07 Å². The smallest absolute Gasteiger partial charge is 0.335 e. The molecule has 0 radical (unpaired) electrons. The molecule has 0 bridgehead atoms. The van der Waals surface area contributed by atoms with E-state index in [4.69, 9.17) is 21.2 Å². The summed E-state index contributed by atoms with van der Waals surface area (Å²) in [6.07, 6.45) is 0.